The number of aliphatic hydroxyl groups excluding tert-OH is 3. The summed E-state index contributed by atoms with van der Waals surface area (Å²) in [4.78, 5) is 25.2. The Balaban J connectivity index is 2.20. The van der Waals surface area contributed by atoms with E-state index in [0.29, 0.717) is 6.42 Å². The third kappa shape index (κ3) is 31.4. The van der Waals surface area contributed by atoms with Gasteiger partial charge in [-0.1, -0.05) is 206 Å². The summed E-state index contributed by atoms with van der Waals surface area (Å²) in [6.45, 7) is 4.00. The first kappa shape index (κ1) is 51.8. The molecule has 0 aromatic rings. The first-order valence-corrected chi connectivity index (χ1v) is 23.5. The third-order valence-electron chi connectivity index (χ3n) is 11.1. The summed E-state index contributed by atoms with van der Waals surface area (Å²) in [5.41, 5.74) is 0. The summed E-state index contributed by atoms with van der Waals surface area (Å²) >= 11 is 0. The zero-order valence-electron chi connectivity index (χ0n) is 35.8. The van der Waals surface area contributed by atoms with Crippen LogP contribution in [0, 0.1) is 0 Å². The van der Waals surface area contributed by atoms with E-state index in [-0.39, 0.29) is 38.2 Å². The van der Waals surface area contributed by atoms with Crippen LogP contribution in [0.5, 0.6) is 0 Å². The number of rotatable bonds is 40. The van der Waals surface area contributed by atoms with E-state index in [1.165, 1.54) is 167 Å². The van der Waals surface area contributed by atoms with E-state index in [1.54, 1.807) is 0 Å². The van der Waals surface area contributed by atoms with Gasteiger partial charge in [0.05, 0.1) is 13.2 Å². The lowest BCUT2D eigenvalue weighted by Crippen LogP contribution is -2.54. The van der Waals surface area contributed by atoms with Gasteiger partial charge < -0.3 is 34.3 Å². The predicted molar refractivity (Wildman–Crippen MR) is 223 cm³/mol. The maximum Gasteiger partial charge on any atom is 0.306 e. The van der Waals surface area contributed by atoms with Gasteiger partial charge in [-0.05, 0) is 12.8 Å². The van der Waals surface area contributed by atoms with Crippen LogP contribution in [0.1, 0.15) is 232 Å². The van der Waals surface area contributed by atoms with Crippen molar-refractivity contribution in [3.63, 3.8) is 0 Å². The Morgan fingerprint density at radius 3 is 1.22 bits per heavy atom. The fourth-order valence-electron chi connectivity index (χ4n) is 7.38. The van der Waals surface area contributed by atoms with Crippen LogP contribution in [-0.4, -0.2) is 77.8 Å². The standard InChI is InChI=1S/C46H88O9/c1-3-5-7-9-11-13-15-17-19-21-23-25-27-29-31-33-35-42(48)52-37-40(38-53-46-45(51)44(50)41(47)39-54-46)55-43(49)36-34-32-30-28-26-24-22-20-18-16-14-12-10-8-6-4-2/h40-41,44-47,50-51H,3-39H2,1-2H3/t40-,41-,44+,45-,46-/m1/s1. The van der Waals surface area contributed by atoms with Crippen molar-refractivity contribution < 1.29 is 43.9 Å². The molecule has 0 aliphatic carbocycles. The monoisotopic (exact) mass is 785 g/mol. The second-order valence-corrected chi connectivity index (χ2v) is 16.5. The number of carbonyl (C=O) groups excluding carboxylic acids is 2. The number of hydrogen-bond acceptors (Lipinski definition) is 9. The van der Waals surface area contributed by atoms with Gasteiger partial charge in [-0.2, -0.15) is 0 Å². The summed E-state index contributed by atoms with van der Waals surface area (Å²) in [6, 6.07) is 0. The summed E-state index contributed by atoms with van der Waals surface area (Å²) in [5.74, 6) is -0.718. The number of esters is 2. The molecule has 0 aromatic carbocycles. The highest BCUT2D eigenvalue weighted by Gasteiger charge is 2.38. The van der Waals surface area contributed by atoms with Crippen LogP contribution in [0.3, 0.4) is 0 Å². The maximum absolute atomic E-state index is 12.7. The van der Waals surface area contributed by atoms with Gasteiger partial charge in [-0.3, -0.25) is 9.59 Å². The summed E-state index contributed by atoms with van der Waals surface area (Å²) in [6.07, 6.45) is 34.9. The van der Waals surface area contributed by atoms with Crippen molar-refractivity contribution in [3.05, 3.63) is 0 Å². The topological polar surface area (TPSA) is 132 Å². The first-order valence-electron chi connectivity index (χ1n) is 23.5. The Bertz CT molecular complexity index is 855. The van der Waals surface area contributed by atoms with Gasteiger partial charge >= 0.3 is 11.9 Å². The van der Waals surface area contributed by atoms with E-state index in [1.807, 2.05) is 0 Å². The zero-order valence-corrected chi connectivity index (χ0v) is 35.8. The molecular weight excluding hydrogens is 696 g/mol. The number of aliphatic hydroxyl groups is 3. The van der Waals surface area contributed by atoms with Gasteiger partial charge in [-0.15, -0.1) is 0 Å². The smallest absolute Gasteiger partial charge is 0.306 e. The second-order valence-electron chi connectivity index (χ2n) is 16.5. The van der Waals surface area contributed by atoms with Crippen LogP contribution in [-0.2, 0) is 28.5 Å². The molecule has 326 valence electrons. The van der Waals surface area contributed by atoms with Gasteiger partial charge in [0.2, 0.25) is 0 Å². The molecule has 0 aromatic heterocycles. The molecule has 0 spiro atoms. The maximum atomic E-state index is 12.7. The van der Waals surface area contributed by atoms with E-state index >= 15 is 0 Å². The van der Waals surface area contributed by atoms with Gasteiger partial charge in [0.25, 0.3) is 0 Å². The molecule has 9 nitrogen and oxygen atoms in total. The zero-order chi connectivity index (χ0) is 40.0. The number of hydrogen-bond donors (Lipinski definition) is 3. The minimum absolute atomic E-state index is 0.156. The number of carbonyl (C=O) groups is 2. The summed E-state index contributed by atoms with van der Waals surface area (Å²) in [7, 11) is 0. The highest BCUT2D eigenvalue weighted by Crippen LogP contribution is 2.19. The fourth-order valence-corrected chi connectivity index (χ4v) is 7.38. The predicted octanol–water partition coefficient (Wildman–Crippen LogP) is 11.2. The van der Waals surface area contributed by atoms with Crippen molar-refractivity contribution in [3.8, 4) is 0 Å². The van der Waals surface area contributed by atoms with Gasteiger partial charge in [-0.25, -0.2) is 0 Å². The molecular formula is C46H88O9. The molecule has 1 aliphatic heterocycles. The Kier molecular flexibility index (Phi) is 36.0. The number of unbranched alkanes of at least 4 members (excludes halogenated alkanes) is 30. The summed E-state index contributed by atoms with van der Waals surface area (Å²) in [5, 5.41) is 30.0. The van der Waals surface area contributed by atoms with Crippen LogP contribution >= 0.6 is 0 Å². The molecule has 1 fully saturated rings. The third-order valence-corrected chi connectivity index (χ3v) is 11.1. The molecule has 1 heterocycles. The minimum atomic E-state index is -1.46. The van der Waals surface area contributed by atoms with E-state index in [4.69, 9.17) is 18.9 Å². The molecule has 1 aliphatic rings. The normalized spacial score (nSPS) is 19.1. The lowest BCUT2D eigenvalue weighted by atomic mass is 10.0. The molecule has 55 heavy (non-hydrogen) atoms. The Hall–Kier alpha value is -1.26. The lowest BCUT2D eigenvalue weighted by molar-refractivity contribution is -0.275. The average Bonchev–Trinajstić information content (AvgIpc) is 3.18. The number of ether oxygens (including phenoxy) is 4. The van der Waals surface area contributed by atoms with Crippen molar-refractivity contribution in [1.82, 2.24) is 0 Å². The van der Waals surface area contributed by atoms with Crippen molar-refractivity contribution in [2.75, 3.05) is 19.8 Å². The highest BCUT2D eigenvalue weighted by molar-refractivity contribution is 5.70. The Labute approximate surface area is 337 Å². The van der Waals surface area contributed by atoms with Gasteiger partial charge in [0, 0.05) is 12.8 Å². The van der Waals surface area contributed by atoms with Crippen molar-refractivity contribution in [2.45, 2.75) is 263 Å². The lowest BCUT2D eigenvalue weighted by Gasteiger charge is -2.35. The largest absolute Gasteiger partial charge is 0.462 e. The van der Waals surface area contributed by atoms with Gasteiger partial charge in [0.1, 0.15) is 24.9 Å². The van der Waals surface area contributed by atoms with Crippen molar-refractivity contribution in [2.24, 2.45) is 0 Å². The highest BCUT2D eigenvalue weighted by atomic mass is 16.7. The second kappa shape index (κ2) is 38.3. The molecule has 0 amide bonds. The van der Waals surface area contributed by atoms with Crippen molar-refractivity contribution in [1.29, 1.82) is 0 Å². The van der Waals surface area contributed by atoms with Crippen LogP contribution in [0.25, 0.3) is 0 Å². The molecule has 0 bridgehead atoms. The first-order chi connectivity index (χ1) is 26.9. The molecule has 1 rings (SSSR count). The van der Waals surface area contributed by atoms with Crippen LogP contribution in [0.4, 0.5) is 0 Å². The SMILES string of the molecule is CCCCCCCCCCCCCCCCCCC(=O)OC[C@H](CO[C@@H]1OC[C@@H](O)[C@H](O)[C@H]1O)OC(=O)CCCCCCCCCCCCCCCCCC. The van der Waals surface area contributed by atoms with Crippen LogP contribution in [0.15, 0.2) is 0 Å². The van der Waals surface area contributed by atoms with E-state index in [9.17, 15) is 24.9 Å². The molecule has 3 N–H and O–H groups in total. The van der Waals surface area contributed by atoms with E-state index in [2.05, 4.69) is 13.8 Å². The minimum Gasteiger partial charge on any atom is -0.462 e. The molecule has 1 saturated heterocycles. The van der Waals surface area contributed by atoms with Gasteiger partial charge in [0.15, 0.2) is 12.4 Å². The Morgan fingerprint density at radius 1 is 0.491 bits per heavy atom. The Morgan fingerprint density at radius 2 is 0.836 bits per heavy atom. The molecule has 0 unspecified atom stereocenters. The molecule has 0 radical (unpaired) electrons. The quantitative estimate of drug-likeness (QED) is 0.0410. The average molecular weight is 785 g/mol. The molecule has 0 saturated carbocycles. The summed E-state index contributed by atoms with van der Waals surface area (Å²) < 4.78 is 22.1. The van der Waals surface area contributed by atoms with Crippen molar-refractivity contribution >= 4 is 11.9 Å². The van der Waals surface area contributed by atoms with Crippen LogP contribution in [0.2, 0.25) is 0 Å². The molecule has 5 atom stereocenters. The fraction of sp³-hybridized carbons (Fsp3) is 0.957. The van der Waals surface area contributed by atoms with E-state index in [0.717, 1.165) is 38.5 Å². The molecule has 9 heteroatoms. The van der Waals surface area contributed by atoms with Crippen LogP contribution < -0.4 is 0 Å². The van der Waals surface area contributed by atoms with E-state index < -0.39 is 30.7 Å².